The molecule has 1 amide bonds. The molecule has 0 fully saturated rings. The van der Waals surface area contributed by atoms with Crippen molar-refractivity contribution in [2.45, 2.75) is 13.3 Å². The van der Waals surface area contributed by atoms with Crippen LogP contribution >= 0.6 is 0 Å². The van der Waals surface area contributed by atoms with Crippen molar-refractivity contribution in [1.29, 1.82) is 0 Å². The van der Waals surface area contributed by atoms with E-state index in [-0.39, 0.29) is 6.03 Å². The lowest BCUT2D eigenvalue weighted by molar-refractivity contribution is 0.251. The lowest BCUT2D eigenvalue weighted by Crippen LogP contribution is -2.21. The highest BCUT2D eigenvalue weighted by Gasteiger charge is 2.15. The van der Waals surface area contributed by atoms with E-state index in [0.717, 1.165) is 11.3 Å². The van der Waals surface area contributed by atoms with Crippen molar-refractivity contribution < 1.29 is 4.79 Å². The minimum absolute atomic E-state index is 0.331. The molecule has 0 aliphatic carbocycles. The molecule has 2 heterocycles. The smallest absolute Gasteiger partial charge is 0.305 e. The summed E-state index contributed by atoms with van der Waals surface area (Å²) in [5, 5.41) is 7.11. The highest BCUT2D eigenvalue weighted by molar-refractivity contribution is 5.93. The van der Waals surface area contributed by atoms with Crippen LogP contribution in [-0.4, -0.2) is 20.8 Å². The van der Waals surface area contributed by atoms with Crippen LogP contribution < -0.4 is 5.32 Å². The number of aryl methyl sites for hydroxylation is 1. The van der Waals surface area contributed by atoms with Crippen molar-refractivity contribution in [3.8, 4) is 11.3 Å². The number of nitrogens with zero attached hydrogens (tertiary/aromatic N) is 3. The Morgan fingerprint density at radius 2 is 2.05 bits per heavy atom. The van der Waals surface area contributed by atoms with Gasteiger partial charge >= 0.3 is 6.03 Å². The number of rotatable bonds is 3. The Kier molecular flexibility index (Phi) is 3.96. The summed E-state index contributed by atoms with van der Waals surface area (Å²) in [7, 11) is 0. The van der Waals surface area contributed by atoms with Crippen molar-refractivity contribution in [1.82, 2.24) is 14.8 Å². The maximum Gasteiger partial charge on any atom is 0.347 e. The van der Waals surface area contributed by atoms with Gasteiger partial charge in [0.2, 0.25) is 0 Å². The fourth-order valence-electron chi connectivity index (χ4n) is 2.09. The lowest BCUT2D eigenvalue weighted by Gasteiger charge is -2.07. The molecule has 2 aromatic heterocycles. The second kappa shape index (κ2) is 6.22. The Morgan fingerprint density at radius 1 is 1.23 bits per heavy atom. The summed E-state index contributed by atoms with van der Waals surface area (Å²) < 4.78 is 1.35. The molecule has 1 radical (unpaired) electrons. The van der Waals surface area contributed by atoms with Crippen LogP contribution in [0, 0.1) is 6.07 Å². The van der Waals surface area contributed by atoms with Crippen LogP contribution in [0.1, 0.15) is 12.6 Å². The molecule has 109 valence electrons. The number of carbonyl (C=O) groups is 1. The highest BCUT2D eigenvalue weighted by Crippen LogP contribution is 2.20. The number of hydrogen-bond donors (Lipinski definition) is 1. The largest absolute Gasteiger partial charge is 0.347 e. The maximum atomic E-state index is 12.5. The van der Waals surface area contributed by atoms with E-state index in [1.54, 1.807) is 24.5 Å². The Morgan fingerprint density at radius 3 is 2.73 bits per heavy atom. The Bertz CT molecular complexity index is 766. The molecule has 5 heteroatoms. The zero-order valence-corrected chi connectivity index (χ0v) is 12.2. The normalized spacial score (nSPS) is 10.4. The van der Waals surface area contributed by atoms with Gasteiger partial charge in [-0.1, -0.05) is 37.3 Å². The molecule has 0 atom stereocenters. The van der Waals surface area contributed by atoms with Crippen LogP contribution in [-0.2, 0) is 6.42 Å². The first-order valence-corrected chi connectivity index (χ1v) is 7.06. The van der Waals surface area contributed by atoms with E-state index in [4.69, 9.17) is 0 Å². The van der Waals surface area contributed by atoms with Gasteiger partial charge in [-0.05, 0) is 18.6 Å². The Hall–Kier alpha value is -2.95. The average molecular weight is 291 g/mol. The van der Waals surface area contributed by atoms with Gasteiger partial charge in [-0.2, -0.15) is 9.78 Å². The molecule has 0 bridgehead atoms. The molecule has 0 saturated carbocycles. The molecule has 22 heavy (non-hydrogen) atoms. The van der Waals surface area contributed by atoms with Crippen LogP contribution in [0.5, 0.6) is 0 Å². The topological polar surface area (TPSA) is 59.8 Å². The van der Waals surface area contributed by atoms with Gasteiger partial charge < -0.3 is 5.32 Å². The standard InChI is InChI=1S/C17H15N4O/c1-2-14-11-16(13-7-4-3-5-8-13)21(20-14)17(22)19-15-9-6-10-18-12-15/h3-10,12H,2H2,1H3,(H,19,22). The minimum Gasteiger partial charge on any atom is -0.305 e. The first-order chi connectivity index (χ1) is 10.8. The molecule has 0 aliphatic rings. The van der Waals surface area contributed by atoms with E-state index in [0.29, 0.717) is 17.8 Å². The monoisotopic (exact) mass is 291 g/mol. The third kappa shape index (κ3) is 2.88. The quantitative estimate of drug-likeness (QED) is 0.804. The van der Waals surface area contributed by atoms with E-state index < -0.39 is 0 Å². The highest BCUT2D eigenvalue weighted by atomic mass is 16.2. The molecule has 0 aliphatic heterocycles. The molecule has 1 aromatic carbocycles. The second-order valence-corrected chi connectivity index (χ2v) is 4.72. The van der Waals surface area contributed by atoms with Gasteiger partial charge in [-0.25, -0.2) is 4.79 Å². The third-order valence-corrected chi connectivity index (χ3v) is 3.18. The summed E-state index contributed by atoms with van der Waals surface area (Å²) >= 11 is 0. The Labute approximate surface area is 128 Å². The predicted octanol–water partition coefficient (Wildman–Crippen LogP) is 3.39. The van der Waals surface area contributed by atoms with E-state index in [9.17, 15) is 4.79 Å². The summed E-state index contributed by atoms with van der Waals surface area (Å²) in [6.07, 6.45) is 3.96. The fourth-order valence-corrected chi connectivity index (χ4v) is 2.09. The van der Waals surface area contributed by atoms with E-state index in [1.165, 1.54) is 4.68 Å². The van der Waals surface area contributed by atoms with Gasteiger partial charge in [0.15, 0.2) is 0 Å². The van der Waals surface area contributed by atoms with Gasteiger partial charge in [0.25, 0.3) is 0 Å². The van der Waals surface area contributed by atoms with E-state index >= 15 is 0 Å². The predicted molar refractivity (Wildman–Crippen MR) is 84.5 cm³/mol. The molecule has 3 aromatic rings. The molecule has 0 unspecified atom stereocenters. The molecule has 5 nitrogen and oxygen atoms in total. The van der Waals surface area contributed by atoms with Crippen LogP contribution in [0.3, 0.4) is 0 Å². The van der Waals surface area contributed by atoms with Crippen LogP contribution in [0.25, 0.3) is 11.3 Å². The second-order valence-electron chi connectivity index (χ2n) is 4.72. The summed E-state index contributed by atoms with van der Waals surface area (Å²) in [6, 6.07) is 16.0. The molecule has 0 spiro atoms. The van der Waals surface area contributed by atoms with Gasteiger partial charge in [-0.15, -0.1) is 0 Å². The van der Waals surface area contributed by atoms with Gasteiger partial charge in [-0.3, -0.25) is 4.98 Å². The number of carbonyl (C=O) groups excluding carboxylic acids is 1. The summed E-state index contributed by atoms with van der Waals surface area (Å²) in [6.45, 7) is 1.98. The van der Waals surface area contributed by atoms with Crippen molar-refractivity contribution in [2.24, 2.45) is 0 Å². The van der Waals surface area contributed by atoms with Crippen LogP contribution in [0.4, 0.5) is 10.5 Å². The third-order valence-electron chi connectivity index (χ3n) is 3.18. The zero-order valence-electron chi connectivity index (χ0n) is 12.2. The number of pyridine rings is 1. The molecule has 0 saturated heterocycles. The van der Waals surface area contributed by atoms with Gasteiger partial charge in [0.1, 0.15) is 0 Å². The Balaban J connectivity index is 1.96. The summed E-state index contributed by atoms with van der Waals surface area (Å²) in [5.74, 6) is 0. The maximum absolute atomic E-state index is 12.5. The lowest BCUT2D eigenvalue weighted by atomic mass is 10.1. The van der Waals surface area contributed by atoms with Crippen molar-refractivity contribution in [3.63, 3.8) is 0 Å². The van der Waals surface area contributed by atoms with E-state index in [2.05, 4.69) is 21.5 Å². The number of nitrogens with one attached hydrogen (secondary N) is 1. The van der Waals surface area contributed by atoms with Crippen LogP contribution in [0.15, 0.2) is 54.9 Å². The molecular weight excluding hydrogens is 276 g/mol. The van der Waals surface area contributed by atoms with Crippen molar-refractivity contribution in [3.05, 3.63) is 66.6 Å². The molecular formula is C17H15N4O. The fraction of sp³-hybridized carbons (Fsp3) is 0.118. The van der Waals surface area contributed by atoms with Crippen molar-refractivity contribution in [2.75, 3.05) is 5.32 Å². The molecule has 1 N–H and O–H groups in total. The van der Waals surface area contributed by atoms with E-state index in [1.807, 2.05) is 37.3 Å². The zero-order chi connectivity index (χ0) is 15.4. The summed E-state index contributed by atoms with van der Waals surface area (Å²) in [5.41, 5.74) is 2.93. The number of amides is 1. The number of anilines is 1. The average Bonchev–Trinajstić information content (AvgIpc) is 3.01. The van der Waals surface area contributed by atoms with Gasteiger partial charge in [0, 0.05) is 17.8 Å². The number of aromatic nitrogens is 3. The first-order valence-electron chi connectivity index (χ1n) is 7.06. The number of hydrogen-bond acceptors (Lipinski definition) is 3. The first kappa shape index (κ1) is 14.0. The van der Waals surface area contributed by atoms with Gasteiger partial charge in [0.05, 0.1) is 23.3 Å². The number of benzene rings is 1. The SMILES string of the molecule is CCc1[c]c(-c2ccccc2)n(C(=O)Nc2cccnc2)n1. The molecule has 3 rings (SSSR count). The van der Waals surface area contributed by atoms with Crippen molar-refractivity contribution >= 4 is 11.7 Å². The van der Waals surface area contributed by atoms with Crippen LogP contribution in [0.2, 0.25) is 0 Å². The summed E-state index contributed by atoms with van der Waals surface area (Å²) in [4.78, 5) is 16.5. The minimum atomic E-state index is -0.331.